The summed E-state index contributed by atoms with van der Waals surface area (Å²) >= 11 is 6.82. The summed E-state index contributed by atoms with van der Waals surface area (Å²) < 4.78 is 23.1. The third kappa shape index (κ3) is 5.65. The fourth-order valence-corrected chi connectivity index (χ4v) is 5.48. The largest absolute Gasteiger partial charge is 0.491 e. The molecule has 0 aromatic heterocycles. The lowest BCUT2D eigenvalue weighted by atomic mass is 9.89. The van der Waals surface area contributed by atoms with Crippen LogP contribution in [0.25, 0.3) is 0 Å². The smallest absolute Gasteiger partial charge is 0.302 e. The van der Waals surface area contributed by atoms with Crippen LogP contribution in [-0.4, -0.2) is 37.4 Å². The van der Waals surface area contributed by atoms with Gasteiger partial charge in [-0.05, 0) is 47.4 Å². The zero-order valence-corrected chi connectivity index (χ0v) is 20.9. The number of carbonyl (C=O) groups excluding carboxylic acids is 2. The summed E-state index contributed by atoms with van der Waals surface area (Å²) in [5.41, 5.74) is 5.63. The van der Waals surface area contributed by atoms with Crippen LogP contribution in [0, 0.1) is 0 Å². The van der Waals surface area contributed by atoms with E-state index in [0.29, 0.717) is 30.9 Å². The lowest BCUT2D eigenvalue weighted by Crippen LogP contribution is -2.37. The molecule has 2 aromatic rings. The second-order valence-electron chi connectivity index (χ2n) is 9.79. The molecule has 0 N–H and O–H groups in total. The summed E-state index contributed by atoms with van der Waals surface area (Å²) in [5, 5.41) is 0.649. The van der Waals surface area contributed by atoms with Crippen molar-refractivity contribution in [2.24, 2.45) is 0 Å². The Morgan fingerprint density at radius 1 is 1.09 bits per heavy atom. The Morgan fingerprint density at radius 2 is 1.86 bits per heavy atom. The first-order valence-electron chi connectivity index (χ1n) is 12.4. The number of fused-ring (bicyclic) bond motifs is 1. The summed E-state index contributed by atoms with van der Waals surface area (Å²) in [7, 11) is 0. The minimum atomic E-state index is -0.367. The summed E-state index contributed by atoms with van der Waals surface area (Å²) in [6, 6.07) is 10.9. The van der Waals surface area contributed by atoms with Crippen LogP contribution in [0.1, 0.15) is 79.4 Å². The van der Waals surface area contributed by atoms with Crippen LogP contribution in [0.4, 0.5) is 0 Å². The van der Waals surface area contributed by atoms with Crippen LogP contribution in [0.5, 0.6) is 5.75 Å². The van der Waals surface area contributed by atoms with Crippen molar-refractivity contribution < 1.29 is 28.5 Å². The molecule has 0 spiro atoms. The summed E-state index contributed by atoms with van der Waals surface area (Å²) in [6.45, 7) is 3.47. The molecule has 1 aliphatic carbocycles. The molecule has 0 radical (unpaired) electrons. The quantitative estimate of drug-likeness (QED) is 0.472. The Balaban J connectivity index is 1.43. The van der Waals surface area contributed by atoms with Gasteiger partial charge in [-0.3, -0.25) is 9.59 Å². The number of ether oxygens (including phenoxy) is 4. The molecule has 2 aliphatic heterocycles. The zero-order valence-electron chi connectivity index (χ0n) is 20.2. The van der Waals surface area contributed by atoms with Gasteiger partial charge in [-0.25, -0.2) is 0 Å². The fraction of sp³-hybridized carbons (Fsp3) is 0.500. The van der Waals surface area contributed by atoms with E-state index in [4.69, 9.17) is 30.5 Å². The molecule has 5 rings (SSSR count). The minimum Gasteiger partial charge on any atom is -0.491 e. The van der Waals surface area contributed by atoms with E-state index in [0.717, 1.165) is 34.8 Å². The van der Waals surface area contributed by atoms with Gasteiger partial charge >= 0.3 is 11.9 Å². The van der Waals surface area contributed by atoms with Gasteiger partial charge in [0.1, 0.15) is 18.5 Å². The maximum atomic E-state index is 11.7. The van der Waals surface area contributed by atoms with Gasteiger partial charge in [0.25, 0.3) is 0 Å². The summed E-state index contributed by atoms with van der Waals surface area (Å²) in [4.78, 5) is 23.1. The van der Waals surface area contributed by atoms with Crippen molar-refractivity contribution in [3.05, 3.63) is 63.2 Å². The molecule has 7 heteroatoms. The van der Waals surface area contributed by atoms with Gasteiger partial charge in [0, 0.05) is 38.7 Å². The second-order valence-corrected chi connectivity index (χ2v) is 10.2. The van der Waals surface area contributed by atoms with Gasteiger partial charge in [0.05, 0.1) is 23.8 Å². The van der Waals surface area contributed by atoms with Crippen LogP contribution in [0.3, 0.4) is 0 Å². The maximum Gasteiger partial charge on any atom is 0.302 e. The first-order chi connectivity index (χ1) is 16.9. The normalized spacial score (nSPS) is 23.3. The topological polar surface area (TPSA) is 71.1 Å². The van der Waals surface area contributed by atoms with Crippen LogP contribution in [0.2, 0.25) is 5.02 Å². The van der Waals surface area contributed by atoms with Crippen molar-refractivity contribution in [3.63, 3.8) is 0 Å². The Hall–Kier alpha value is -2.57. The predicted octanol–water partition coefficient (Wildman–Crippen LogP) is 5.46. The zero-order chi connectivity index (χ0) is 24.5. The van der Waals surface area contributed by atoms with Crippen molar-refractivity contribution in [2.45, 2.75) is 76.6 Å². The number of rotatable bonds is 7. The highest BCUT2D eigenvalue weighted by molar-refractivity contribution is 6.33. The first kappa shape index (κ1) is 24.1. The standard InChI is InChI=1S/C28H31ClO6/c1-16(30)33-15-23-13-22(34-17(2)31)14-26(35-23)25-12-21(27(29)28-24(25)9-10-32-28)11-18-3-5-19(6-4-18)20-7-8-20/h3-6,12,20,22-23,26H,7-11,13-15H2,1-2H3/t22-,23-,26+/m0/s1. The average molecular weight is 499 g/mol. The van der Waals surface area contributed by atoms with Crippen LogP contribution < -0.4 is 4.74 Å². The molecule has 186 valence electrons. The van der Waals surface area contributed by atoms with Gasteiger partial charge in [-0.15, -0.1) is 0 Å². The number of hydrogen-bond acceptors (Lipinski definition) is 6. The lowest BCUT2D eigenvalue weighted by molar-refractivity contribution is -0.169. The van der Waals surface area contributed by atoms with E-state index in [-0.39, 0.29) is 36.9 Å². The highest BCUT2D eigenvalue weighted by Gasteiger charge is 2.36. The Kier molecular flexibility index (Phi) is 7.03. The molecule has 0 bridgehead atoms. The summed E-state index contributed by atoms with van der Waals surface area (Å²) in [5.74, 6) is 0.752. The number of benzene rings is 2. The molecule has 1 saturated heterocycles. The van der Waals surface area contributed by atoms with Gasteiger partial charge in [-0.1, -0.05) is 41.9 Å². The van der Waals surface area contributed by atoms with Gasteiger partial charge < -0.3 is 18.9 Å². The fourth-order valence-electron chi connectivity index (χ4n) is 5.19. The second kappa shape index (κ2) is 10.2. The van der Waals surface area contributed by atoms with E-state index in [2.05, 4.69) is 30.3 Å². The number of esters is 2. The van der Waals surface area contributed by atoms with Crippen molar-refractivity contribution in [1.29, 1.82) is 0 Å². The van der Waals surface area contributed by atoms with E-state index in [1.54, 1.807) is 0 Å². The first-order valence-corrected chi connectivity index (χ1v) is 12.8. The molecule has 2 heterocycles. The molecule has 35 heavy (non-hydrogen) atoms. The van der Waals surface area contributed by atoms with Gasteiger partial charge in [-0.2, -0.15) is 0 Å². The van der Waals surface area contributed by atoms with E-state index >= 15 is 0 Å². The highest BCUT2D eigenvalue weighted by Crippen LogP contribution is 2.45. The van der Waals surface area contributed by atoms with Gasteiger partial charge in [0.15, 0.2) is 0 Å². The number of hydrogen-bond donors (Lipinski definition) is 0. The van der Waals surface area contributed by atoms with Crippen molar-refractivity contribution in [3.8, 4) is 5.75 Å². The lowest BCUT2D eigenvalue weighted by Gasteiger charge is -2.35. The molecular weight excluding hydrogens is 468 g/mol. The molecular formula is C28H31ClO6. The van der Waals surface area contributed by atoms with Crippen molar-refractivity contribution >= 4 is 23.5 Å². The number of carbonyl (C=O) groups is 2. The molecule has 0 amide bonds. The third-order valence-electron chi connectivity index (χ3n) is 6.97. The molecule has 1 saturated carbocycles. The molecule has 2 aromatic carbocycles. The molecule has 3 aliphatic rings. The Morgan fingerprint density at radius 3 is 2.54 bits per heavy atom. The SMILES string of the molecule is CC(=O)OC[C@@H]1C[C@H](OC(C)=O)C[C@H](c2cc(Cc3ccc(C4CC4)cc3)c(Cl)c3c2CCO3)O1. The molecule has 2 fully saturated rings. The average Bonchev–Trinajstić information content (AvgIpc) is 3.55. The number of halogens is 1. The van der Waals surface area contributed by atoms with Crippen LogP contribution in [-0.2, 0) is 36.6 Å². The minimum absolute atomic E-state index is 0.121. The van der Waals surface area contributed by atoms with Crippen LogP contribution in [0.15, 0.2) is 30.3 Å². The monoisotopic (exact) mass is 498 g/mol. The highest BCUT2D eigenvalue weighted by atomic mass is 35.5. The maximum absolute atomic E-state index is 11.7. The third-order valence-corrected chi connectivity index (χ3v) is 7.38. The van der Waals surface area contributed by atoms with Crippen molar-refractivity contribution in [1.82, 2.24) is 0 Å². The molecule has 6 nitrogen and oxygen atoms in total. The van der Waals surface area contributed by atoms with E-state index in [9.17, 15) is 9.59 Å². The predicted molar refractivity (Wildman–Crippen MR) is 131 cm³/mol. The van der Waals surface area contributed by atoms with E-state index in [1.807, 2.05) is 0 Å². The molecule has 0 unspecified atom stereocenters. The van der Waals surface area contributed by atoms with E-state index in [1.165, 1.54) is 37.8 Å². The Bertz CT molecular complexity index is 1110. The van der Waals surface area contributed by atoms with Crippen LogP contribution >= 0.6 is 11.6 Å². The Labute approximate surface area is 210 Å². The molecule has 3 atom stereocenters. The van der Waals surface area contributed by atoms with E-state index < -0.39 is 0 Å². The van der Waals surface area contributed by atoms with Crippen molar-refractivity contribution in [2.75, 3.05) is 13.2 Å². The van der Waals surface area contributed by atoms with Gasteiger partial charge in [0.2, 0.25) is 0 Å². The summed E-state index contributed by atoms with van der Waals surface area (Å²) in [6.07, 6.45) is 3.99.